The predicted molar refractivity (Wildman–Crippen MR) is 94.8 cm³/mol. The molecule has 1 amide bonds. The summed E-state index contributed by atoms with van der Waals surface area (Å²) in [4.78, 5) is 13.3. The number of hydrogen-bond acceptors (Lipinski definition) is 3. The maximum atomic E-state index is 12.4. The maximum absolute atomic E-state index is 12.4. The van der Waals surface area contributed by atoms with Gasteiger partial charge in [-0.25, -0.2) is 0 Å². The van der Waals surface area contributed by atoms with Gasteiger partial charge < -0.3 is 19.7 Å². The summed E-state index contributed by atoms with van der Waals surface area (Å²) in [5.74, 6) is 0.120. The molecular weight excluding hydrogens is 342 g/mol. The zero-order valence-corrected chi connectivity index (χ0v) is 15.0. The highest BCUT2D eigenvalue weighted by molar-refractivity contribution is 5.93. The van der Waals surface area contributed by atoms with Crippen molar-refractivity contribution in [2.75, 3.05) is 19.5 Å². The van der Waals surface area contributed by atoms with Crippen LogP contribution in [-0.4, -0.2) is 32.7 Å². The Labute approximate surface area is 151 Å². The zero-order chi connectivity index (χ0) is 19.1. The van der Waals surface area contributed by atoms with Gasteiger partial charge in [0.1, 0.15) is 6.54 Å². The molecule has 2 rings (SSSR count). The second-order valence-corrected chi connectivity index (χ2v) is 5.96. The number of para-hydroxylation sites is 1. The molecule has 0 aliphatic heterocycles. The number of halogens is 2. The van der Waals surface area contributed by atoms with Crippen molar-refractivity contribution < 1.29 is 27.9 Å². The Hall–Kier alpha value is -2.67. The molecule has 0 aliphatic carbocycles. The smallest absolute Gasteiger partial charge is 0.387 e. The molecule has 0 bridgehead atoms. The van der Waals surface area contributed by atoms with Gasteiger partial charge in [-0.1, -0.05) is 18.2 Å². The summed E-state index contributed by atoms with van der Waals surface area (Å²) in [6.07, 6.45) is 0. The number of benzene rings is 2. The second-order valence-electron chi connectivity index (χ2n) is 5.96. The minimum atomic E-state index is -2.91. The van der Waals surface area contributed by atoms with Crippen LogP contribution in [0, 0.1) is 0 Å². The molecule has 0 aliphatic rings. The van der Waals surface area contributed by atoms with E-state index in [-0.39, 0.29) is 23.4 Å². The van der Waals surface area contributed by atoms with Gasteiger partial charge in [0.15, 0.2) is 17.5 Å². The standard InChI is InChI=1S/C19H22F2N2O3/c1-13(18(24)22-15-7-5-4-6-8-15)23(2)12-14-9-10-16(26-19(20)21)17(11-14)25-3/h4-11,13,19H,12H2,1-3H3,(H,22,24)/p+1/t13-/m1/s1. The molecule has 0 fully saturated rings. The van der Waals surface area contributed by atoms with Crippen LogP contribution < -0.4 is 19.7 Å². The molecular formula is C19H23F2N2O3+. The van der Waals surface area contributed by atoms with Gasteiger partial charge in [-0.3, -0.25) is 4.79 Å². The summed E-state index contributed by atoms with van der Waals surface area (Å²) in [6, 6.07) is 13.7. The van der Waals surface area contributed by atoms with Gasteiger partial charge in [0.05, 0.1) is 14.2 Å². The average molecular weight is 365 g/mol. The third-order valence-electron chi connectivity index (χ3n) is 4.10. The summed E-state index contributed by atoms with van der Waals surface area (Å²) >= 11 is 0. The van der Waals surface area contributed by atoms with Gasteiger partial charge in [0.2, 0.25) is 0 Å². The molecule has 0 saturated heterocycles. The van der Waals surface area contributed by atoms with Crippen molar-refractivity contribution in [3.05, 3.63) is 54.1 Å². The molecule has 0 radical (unpaired) electrons. The van der Waals surface area contributed by atoms with Crippen LogP contribution in [0.2, 0.25) is 0 Å². The molecule has 2 aromatic carbocycles. The number of carbonyl (C=O) groups excluding carboxylic acids is 1. The third kappa shape index (κ3) is 5.42. The Bertz CT molecular complexity index is 726. The Morgan fingerprint density at radius 2 is 1.85 bits per heavy atom. The van der Waals surface area contributed by atoms with Crippen LogP contribution in [0.1, 0.15) is 12.5 Å². The molecule has 2 N–H and O–H groups in total. The lowest BCUT2D eigenvalue weighted by molar-refractivity contribution is -0.907. The van der Waals surface area contributed by atoms with E-state index in [1.807, 2.05) is 44.3 Å². The molecule has 1 unspecified atom stereocenters. The molecule has 2 aromatic rings. The average Bonchev–Trinajstić information content (AvgIpc) is 2.62. The van der Waals surface area contributed by atoms with E-state index in [0.29, 0.717) is 6.54 Å². The summed E-state index contributed by atoms with van der Waals surface area (Å²) in [7, 11) is 3.29. The monoisotopic (exact) mass is 365 g/mol. The predicted octanol–water partition coefficient (Wildman–Crippen LogP) is 2.34. The van der Waals surface area contributed by atoms with Gasteiger partial charge in [-0.05, 0) is 37.3 Å². The number of nitrogens with one attached hydrogen (secondary N) is 2. The highest BCUT2D eigenvalue weighted by Gasteiger charge is 2.22. The number of quaternary nitrogens is 1. The van der Waals surface area contributed by atoms with Crippen LogP contribution in [0.5, 0.6) is 11.5 Å². The molecule has 0 aromatic heterocycles. The lowest BCUT2D eigenvalue weighted by Gasteiger charge is -2.21. The number of rotatable bonds is 8. The number of methoxy groups -OCH3 is 1. The topological polar surface area (TPSA) is 52.0 Å². The fraction of sp³-hybridized carbons (Fsp3) is 0.316. The quantitative estimate of drug-likeness (QED) is 0.755. The summed E-state index contributed by atoms with van der Waals surface area (Å²) in [5.41, 5.74) is 1.59. The summed E-state index contributed by atoms with van der Waals surface area (Å²) in [5, 5.41) is 2.87. The lowest BCUT2D eigenvalue weighted by atomic mass is 10.1. The number of hydrogen-bond donors (Lipinski definition) is 2. The number of carbonyl (C=O) groups is 1. The van der Waals surface area contributed by atoms with Gasteiger partial charge in [0.25, 0.3) is 5.91 Å². The largest absolute Gasteiger partial charge is 0.493 e. The zero-order valence-electron chi connectivity index (χ0n) is 15.0. The van der Waals surface area contributed by atoms with Crippen molar-refractivity contribution in [2.24, 2.45) is 0 Å². The molecule has 0 spiro atoms. The second kappa shape index (κ2) is 9.15. The SMILES string of the molecule is COc1cc(C[NH+](C)[C@H](C)C(=O)Nc2ccccc2)ccc1OC(F)F. The van der Waals surface area contributed by atoms with Gasteiger partial charge in [0, 0.05) is 11.3 Å². The molecule has 2 atom stereocenters. The lowest BCUT2D eigenvalue weighted by Crippen LogP contribution is -3.12. The van der Waals surface area contributed by atoms with Crippen LogP contribution >= 0.6 is 0 Å². The van der Waals surface area contributed by atoms with E-state index in [9.17, 15) is 13.6 Å². The Balaban J connectivity index is 2.01. The van der Waals surface area contributed by atoms with Gasteiger partial charge in [-0.15, -0.1) is 0 Å². The van der Waals surface area contributed by atoms with Crippen molar-refractivity contribution in [2.45, 2.75) is 26.1 Å². The van der Waals surface area contributed by atoms with Crippen LogP contribution in [0.4, 0.5) is 14.5 Å². The first-order chi connectivity index (χ1) is 12.4. The normalized spacial score (nSPS) is 13.2. The third-order valence-corrected chi connectivity index (χ3v) is 4.10. The minimum absolute atomic E-state index is 0.0150. The van der Waals surface area contributed by atoms with Gasteiger partial charge >= 0.3 is 6.61 Å². The van der Waals surface area contributed by atoms with E-state index in [1.54, 1.807) is 12.1 Å². The van der Waals surface area contributed by atoms with Crippen LogP contribution in [0.25, 0.3) is 0 Å². The van der Waals surface area contributed by atoms with Crippen LogP contribution in [-0.2, 0) is 11.3 Å². The number of likely N-dealkylation sites (N-methyl/N-ethyl adjacent to an activating group) is 1. The fourth-order valence-electron chi connectivity index (χ4n) is 2.49. The molecule has 0 saturated carbocycles. The first kappa shape index (κ1) is 19.7. The minimum Gasteiger partial charge on any atom is -0.493 e. The Kier molecular flexibility index (Phi) is 6.91. The first-order valence-electron chi connectivity index (χ1n) is 8.20. The first-order valence-corrected chi connectivity index (χ1v) is 8.20. The van der Waals surface area contributed by atoms with E-state index >= 15 is 0 Å². The molecule has 5 nitrogen and oxygen atoms in total. The van der Waals surface area contributed by atoms with Crippen molar-refractivity contribution in [3.63, 3.8) is 0 Å². The van der Waals surface area contributed by atoms with Crippen LogP contribution in [0.3, 0.4) is 0 Å². The van der Waals surface area contributed by atoms with Crippen molar-refractivity contribution >= 4 is 11.6 Å². The van der Waals surface area contributed by atoms with Crippen molar-refractivity contribution in [3.8, 4) is 11.5 Å². The van der Waals surface area contributed by atoms with Crippen molar-refractivity contribution in [1.29, 1.82) is 0 Å². The number of alkyl halides is 2. The number of anilines is 1. The molecule has 7 heteroatoms. The molecule has 0 heterocycles. The molecule has 140 valence electrons. The highest BCUT2D eigenvalue weighted by Crippen LogP contribution is 2.29. The molecule has 26 heavy (non-hydrogen) atoms. The van der Waals surface area contributed by atoms with E-state index < -0.39 is 6.61 Å². The van der Waals surface area contributed by atoms with E-state index in [0.717, 1.165) is 16.2 Å². The van der Waals surface area contributed by atoms with Crippen LogP contribution in [0.15, 0.2) is 48.5 Å². The Morgan fingerprint density at radius 1 is 1.15 bits per heavy atom. The fourth-order valence-corrected chi connectivity index (χ4v) is 2.49. The van der Waals surface area contributed by atoms with E-state index in [4.69, 9.17) is 4.74 Å². The Morgan fingerprint density at radius 3 is 2.46 bits per heavy atom. The number of ether oxygens (including phenoxy) is 2. The van der Waals surface area contributed by atoms with Gasteiger partial charge in [-0.2, -0.15) is 8.78 Å². The van der Waals surface area contributed by atoms with Crippen molar-refractivity contribution in [1.82, 2.24) is 0 Å². The highest BCUT2D eigenvalue weighted by atomic mass is 19.3. The summed E-state index contributed by atoms with van der Waals surface area (Å²) < 4.78 is 34.3. The summed E-state index contributed by atoms with van der Waals surface area (Å²) in [6.45, 7) is -0.557. The number of amides is 1. The van der Waals surface area contributed by atoms with E-state index in [1.165, 1.54) is 13.2 Å². The van der Waals surface area contributed by atoms with E-state index in [2.05, 4.69) is 10.1 Å². The maximum Gasteiger partial charge on any atom is 0.387 e.